The normalized spacial score (nSPS) is 13.9. The number of hydrogen-bond donors (Lipinski definition) is 1. The van der Waals surface area contributed by atoms with Gasteiger partial charge in [0.05, 0.1) is 29.5 Å². The molecule has 4 rings (SSSR count). The minimum Gasteiger partial charge on any atom is -0.319 e. The Morgan fingerprint density at radius 2 is 1.94 bits per heavy atom. The number of nitrogens with one attached hydrogen (secondary N) is 1. The first kappa shape index (κ1) is 21.2. The topological polar surface area (TPSA) is 81.1 Å². The number of rotatable bonds is 6. The summed E-state index contributed by atoms with van der Waals surface area (Å²) in [6, 6.07) is 7.44. The maximum absolute atomic E-state index is 14.9. The lowest BCUT2D eigenvalue weighted by Gasteiger charge is -2.10. The van der Waals surface area contributed by atoms with E-state index in [1.54, 1.807) is 0 Å². The Bertz CT molecular complexity index is 1280. The predicted molar refractivity (Wildman–Crippen MR) is 112 cm³/mol. The van der Waals surface area contributed by atoms with Crippen molar-refractivity contribution < 1.29 is 22.0 Å². The van der Waals surface area contributed by atoms with E-state index >= 15 is 0 Å². The number of anilines is 1. The molecule has 1 fully saturated rings. The summed E-state index contributed by atoms with van der Waals surface area (Å²) in [6.45, 7) is 3.88. The highest BCUT2D eigenvalue weighted by Gasteiger charge is 2.33. The van der Waals surface area contributed by atoms with E-state index in [1.807, 2.05) is 32.0 Å². The van der Waals surface area contributed by atoms with Crippen LogP contribution in [0.4, 0.5) is 14.5 Å². The lowest BCUT2D eigenvalue weighted by atomic mass is 10.1. The van der Waals surface area contributed by atoms with Crippen LogP contribution in [0, 0.1) is 31.4 Å². The number of aromatic nitrogens is 2. The highest BCUT2D eigenvalue weighted by molar-refractivity contribution is 7.91. The van der Waals surface area contributed by atoms with Gasteiger partial charge in [0.2, 0.25) is 0 Å². The molecule has 1 aromatic heterocycles. The van der Waals surface area contributed by atoms with Crippen molar-refractivity contribution in [2.24, 2.45) is 5.92 Å². The third-order valence-corrected chi connectivity index (χ3v) is 7.11. The summed E-state index contributed by atoms with van der Waals surface area (Å²) in [7, 11) is -3.95. The van der Waals surface area contributed by atoms with Crippen LogP contribution in [0.3, 0.4) is 0 Å². The molecule has 1 N–H and O–H groups in total. The lowest BCUT2D eigenvalue weighted by molar-refractivity contribution is 0.101. The zero-order valence-corrected chi connectivity index (χ0v) is 17.8. The minimum absolute atomic E-state index is 0.0113. The predicted octanol–water partition coefficient (Wildman–Crippen LogP) is 4.20. The monoisotopic (exact) mass is 445 g/mol. The van der Waals surface area contributed by atoms with Gasteiger partial charge in [0.25, 0.3) is 5.91 Å². The Labute approximate surface area is 178 Å². The van der Waals surface area contributed by atoms with E-state index in [2.05, 4.69) is 10.4 Å². The number of carbonyl (C=O) groups is 1. The van der Waals surface area contributed by atoms with Gasteiger partial charge in [0.15, 0.2) is 15.7 Å². The van der Waals surface area contributed by atoms with Gasteiger partial charge in [0.1, 0.15) is 16.3 Å². The fourth-order valence-corrected chi connectivity index (χ4v) is 5.23. The third-order valence-electron chi connectivity index (χ3n) is 5.21. The first-order valence-electron chi connectivity index (χ1n) is 9.80. The second-order valence-corrected chi connectivity index (χ2v) is 9.88. The van der Waals surface area contributed by atoms with E-state index in [1.165, 1.54) is 17.1 Å². The van der Waals surface area contributed by atoms with Crippen molar-refractivity contribution in [3.63, 3.8) is 0 Å². The quantitative estimate of drug-likeness (QED) is 0.577. The van der Waals surface area contributed by atoms with E-state index < -0.39 is 37.8 Å². The van der Waals surface area contributed by atoms with E-state index in [-0.39, 0.29) is 17.4 Å². The summed E-state index contributed by atoms with van der Waals surface area (Å²) in [6.07, 6.45) is 4.39. The third kappa shape index (κ3) is 4.36. The van der Waals surface area contributed by atoms with E-state index in [0.29, 0.717) is 0 Å². The molecule has 0 aliphatic heterocycles. The Kier molecular flexibility index (Phi) is 5.38. The molecule has 0 bridgehead atoms. The van der Waals surface area contributed by atoms with Crippen LogP contribution in [-0.2, 0) is 9.84 Å². The van der Waals surface area contributed by atoms with Crippen LogP contribution in [0.5, 0.6) is 0 Å². The largest absolute Gasteiger partial charge is 0.319 e. The smallest absolute Gasteiger partial charge is 0.261 e. The molecule has 0 unspecified atom stereocenters. The number of nitrogens with zero attached hydrogens (tertiary/aromatic N) is 2. The van der Waals surface area contributed by atoms with Gasteiger partial charge < -0.3 is 5.32 Å². The van der Waals surface area contributed by atoms with Gasteiger partial charge in [0, 0.05) is 0 Å². The molecule has 1 saturated carbocycles. The van der Waals surface area contributed by atoms with Crippen molar-refractivity contribution >= 4 is 21.4 Å². The molecule has 162 valence electrons. The highest BCUT2D eigenvalue weighted by atomic mass is 32.2. The fourth-order valence-electron chi connectivity index (χ4n) is 3.44. The molecule has 31 heavy (non-hydrogen) atoms. The van der Waals surface area contributed by atoms with Crippen molar-refractivity contribution in [3.8, 4) is 5.69 Å². The van der Waals surface area contributed by atoms with Crippen LogP contribution in [-0.4, -0.2) is 29.9 Å². The standard InChI is InChI=1S/C22H21F2N3O3S/c1-13-3-7-18(14(2)9-13)27-11-16(10-25-27)26-22(28)20-17(23)6-8-19(21(20)24)31(29,30)12-15-4-5-15/h3,6-11,15H,4-5,12H2,1-2H3,(H,26,28). The molecular formula is C22H21F2N3O3S. The van der Waals surface area contributed by atoms with Crippen LogP contribution in [0.2, 0.25) is 0 Å². The average molecular weight is 445 g/mol. The Hall–Kier alpha value is -3.07. The molecule has 0 radical (unpaired) electrons. The van der Waals surface area contributed by atoms with Crippen molar-refractivity contribution in [1.29, 1.82) is 0 Å². The Morgan fingerprint density at radius 3 is 2.61 bits per heavy atom. The maximum atomic E-state index is 14.9. The van der Waals surface area contributed by atoms with Crippen LogP contribution >= 0.6 is 0 Å². The molecule has 1 aliphatic rings. The van der Waals surface area contributed by atoms with E-state index in [0.717, 1.165) is 41.8 Å². The molecule has 3 aromatic rings. The van der Waals surface area contributed by atoms with Crippen molar-refractivity contribution in [1.82, 2.24) is 9.78 Å². The molecule has 9 heteroatoms. The molecule has 1 aliphatic carbocycles. The van der Waals surface area contributed by atoms with Crippen LogP contribution < -0.4 is 5.32 Å². The average Bonchev–Trinajstić information content (AvgIpc) is 3.36. The molecule has 6 nitrogen and oxygen atoms in total. The van der Waals surface area contributed by atoms with Gasteiger partial charge in [-0.15, -0.1) is 0 Å². The number of hydrogen-bond acceptors (Lipinski definition) is 4. The SMILES string of the molecule is Cc1ccc(-n2cc(NC(=O)c3c(F)ccc(S(=O)(=O)CC4CC4)c3F)cn2)c(C)c1. The fraction of sp³-hybridized carbons (Fsp3) is 0.273. The number of benzene rings is 2. The summed E-state index contributed by atoms with van der Waals surface area (Å²) >= 11 is 0. The number of amides is 1. The number of sulfone groups is 1. The molecule has 0 spiro atoms. The summed E-state index contributed by atoms with van der Waals surface area (Å²) in [5.41, 5.74) is 2.12. The van der Waals surface area contributed by atoms with E-state index in [9.17, 15) is 22.0 Å². The second-order valence-electron chi connectivity index (χ2n) is 7.88. The number of halogens is 2. The van der Waals surface area contributed by atoms with Crippen LogP contribution in [0.15, 0.2) is 47.6 Å². The summed E-state index contributed by atoms with van der Waals surface area (Å²) in [5.74, 6) is -3.82. The van der Waals surface area contributed by atoms with Crippen LogP contribution in [0.1, 0.15) is 34.3 Å². The van der Waals surface area contributed by atoms with Gasteiger partial charge in [-0.1, -0.05) is 17.7 Å². The number of aryl methyl sites for hydroxylation is 2. The van der Waals surface area contributed by atoms with Gasteiger partial charge in [-0.2, -0.15) is 5.10 Å². The maximum Gasteiger partial charge on any atom is 0.261 e. The zero-order chi connectivity index (χ0) is 22.3. The first-order valence-corrected chi connectivity index (χ1v) is 11.5. The molecule has 2 aromatic carbocycles. The van der Waals surface area contributed by atoms with Crippen molar-refractivity contribution in [2.75, 3.05) is 11.1 Å². The summed E-state index contributed by atoms with van der Waals surface area (Å²) < 4.78 is 55.7. The molecular weight excluding hydrogens is 424 g/mol. The second kappa shape index (κ2) is 7.88. The van der Waals surface area contributed by atoms with Gasteiger partial charge >= 0.3 is 0 Å². The first-order chi connectivity index (χ1) is 14.7. The summed E-state index contributed by atoms with van der Waals surface area (Å²) in [4.78, 5) is 11.9. The molecule has 1 heterocycles. The van der Waals surface area contributed by atoms with Crippen LogP contribution in [0.25, 0.3) is 5.69 Å². The van der Waals surface area contributed by atoms with Gasteiger partial charge in [-0.25, -0.2) is 21.9 Å². The minimum atomic E-state index is -3.95. The Morgan fingerprint density at radius 1 is 1.19 bits per heavy atom. The number of carbonyl (C=O) groups excluding carboxylic acids is 1. The van der Waals surface area contributed by atoms with Gasteiger partial charge in [-0.05, 0) is 56.4 Å². The summed E-state index contributed by atoms with van der Waals surface area (Å²) in [5, 5.41) is 6.58. The van der Waals surface area contributed by atoms with Gasteiger partial charge in [-0.3, -0.25) is 4.79 Å². The molecule has 1 amide bonds. The lowest BCUT2D eigenvalue weighted by Crippen LogP contribution is -2.19. The highest BCUT2D eigenvalue weighted by Crippen LogP contribution is 2.33. The molecule has 0 atom stereocenters. The van der Waals surface area contributed by atoms with Crippen molar-refractivity contribution in [3.05, 3.63) is 71.1 Å². The Balaban J connectivity index is 1.60. The van der Waals surface area contributed by atoms with Crippen molar-refractivity contribution in [2.45, 2.75) is 31.6 Å². The zero-order valence-electron chi connectivity index (χ0n) is 17.0. The van der Waals surface area contributed by atoms with E-state index in [4.69, 9.17) is 0 Å². The molecule has 0 saturated heterocycles.